The number of methoxy groups -OCH3 is 1. The fraction of sp³-hybridized carbons (Fsp3) is 0.276. The fourth-order valence-electron chi connectivity index (χ4n) is 6.04. The molecule has 0 radical (unpaired) electrons. The molecule has 0 aromatic heterocycles. The summed E-state index contributed by atoms with van der Waals surface area (Å²) in [5.74, 6) is 2.14. The average molecular weight is 409 g/mol. The summed E-state index contributed by atoms with van der Waals surface area (Å²) in [6.45, 7) is 0. The maximum Gasteiger partial charge on any atom is 0.330 e. The lowest BCUT2D eigenvalue weighted by atomic mass is 9.70. The summed E-state index contributed by atoms with van der Waals surface area (Å²) in [5.41, 5.74) is 6.31. The molecule has 4 atom stereocenters. The summed E-state index contributed by atoms with van der Waals surface area (Å²) in [5, 5.41) is 0. The quantitative estimate of drug-likeness (QED) is 0.341. The molecule has 2 bridgehead atoms. The van der Waals surface area contributed by atoms with Gasteiger partial charge in [-0.15, -0.1) is 0 Å². The van der Waals surface area contributed by atoms with Gasteiger partial charge in [-0.25, -0.2) is 4.79 Å². The van der Waals surface area contributed by atoms with E-state index in [1.807, 2.05) is 12.1 Å². The Morgan fingerprint density at radius 1 is 0.839 bits per heavy atom. The molecule has 2 aliphatic rings. The Morgan fingerprint density at radius 2 is 1.52 bits per heavy atom. The normalized spacial score (nSPS) is 24.5. The molecule has 5 rings (SSSR count). The summed E-state index contributed by atoms with van der Waals surface area (Å²) in [7, 11) is 1.43. The molecule has 2 aliphatic carbocycles. The number of rotatable bonds is 5. The first-order valence-electron chi connectivity index (χ1n) is 11.3. The molecule has 0 unspecified atom stereocenters. The highest BCUT2D eigenvalue weighted by molar-refractivity contribution is 5.90. The number of hydrogen-bond acceptors (Lipinski definition) is 2. The van der Waals surface area contributed by atoms with Gasteiger partial charge in [0, 0.05) is 6.08 Å². The van der Waals surface area contributed by atoms with Gasteiger partial charge in [-0.3, -0.25) is 0 Å². The van der Waals surface area contributed by atoms with Crippen LogP contribution in [0.2, 0.25) is 0 Å². The van der Waals surface area contributed by atoms with E-state index >= 15 is 0 Å². The van der Waals surface area contributed by atoms with Crippen molar-refractivity contribution in [3.8, 4) is 11.1 Å². The first-order chi connectivity index (χ1) is 15.3. The number of carbonyl (C=O) groups is 1. The number of fused-ring (bicyclic) bond motifs is 2. The highest BCUT2D eigenvalue weighted by Crippen LogP contribution is 2.61. The lowest BCUT2D eigenvalue weighted by molar-refractivity contribution is -0.134. The summed E-state index contributed by atoms with van der Waals surface area (Å²) in [6, 6.07) is 28.1. The second-order valence-electron chi connectivity index (χ2n) is 8.83. The molecule has 0 aliphatic heterocycles. The third-order valence-corrected chi connectivity index (χ3v) is 7.27. The Hall–Kier alpha value is -3.13. The van der Waals surface area contributed by atoms with E-state index in [0.717, 1.165) is 11.5 Å². The molecule has 0 amide bonds. The van der Waals surface area contributed by atoms with E-state index in [1.165, 1.54) is 48.6 Å². The Labute approximate surface area is 184 Å². The van der Waals surface area contributed by atoms with Gasteiger partial charge in [-0.2, -0.15) is 0 Å². The van der Waals surface area contributed by atoms with Crippen LogP contribution in [0.1, 0.15) is 47.8 Å². The minimum Gasteiger partial charge on any atom is -0.466 e. The third-order valence-electron chi connectivity index (χ3n) is 7.27. The molecule has 2 heteroatoms. The molecule has 0 spiro atoms. The van der Waals surface area contributed by atoms with Gasteiger partial charge in [-0.05, 0) is 76.8 Å². The van der Waals surface area contributed by atoms with Crippen LogP contribution in [0, 0.1) is 11.8 Å². The minimum atomic E-state index is -0.318. The first kappa shape index (κ1) is 19.8. The van der Waals surface area contributed by atoms with Crippen LogP contribution in [-0.4, -0.2) is 13.1 Å². The van der Waals surface area contributed by atoms with Crippen LogP contribution in [0.4, 0.5) is 0 Å². The largest absolute Gasteiger partial charge is 0.466 e. The molecule has 2 saturated carbocycles. The van der Waals surface area contributed by atoms with Gasteiger partial charge >= 0.3 is 5.97 Å². The highest BCUT2D eigenvalue weighted by atomic mass is 16.5. The number of hydrogen-bond donors (Lipinski definition) is 0. The zero-order valence-corrected chi connectivity index (χ0v) is 17.9. The van der Waals surface area contributed by atoms with Crippen molar-refractivity contribution in [3.63, 3.8) is 0 Å². The Kier molecular flexibility index (Phi) is 5.46. The number of esters is 1. The molecule has 0 N–H and O–H groups in total. The first-order valence-corrected chi connectivity index (χ1v) is 11.3. The van der Waals surface area contributed by atoms with Gasteiger partial charge in [-0.1, -0.05) is 78.9 Å². The average Bonchev–Trinajstić information content (AvgIpc) is 3.45. The van der Waals surface area contributed by atoms with Gasteiger partial charge in [0.15, 0.2) is 0 Å². The Balaban J connectivity index is 1.66. The van der Waals surface area contributed by atoms with Crippen LogP contribution in [0.3, 0.4) is 0 Å². The van der Waals surface area contributed by atoms with Crippen molar-refractivity contribution in [2.45, 2.75) is 31.1 Å². The van der Waals surface area contributed by atoms with Crippen molar-refractivity contribution in [1.82, 2.24) is 0 Å². The highest BCUT2D eigenvalue weighted by Gasteiger charge is 2.49. The van der Waals surface area contributed by atoms with Crippen LogP contribution in [-0.2, 0) is 9.53 Å². The summed E-state index contributed by atoms with van der Waals surface area (Å²) >= 11 is 0. The van der Waals surface area contributed by atoms with E-state index in [4.69, 9.17) is 4.74 Å². The van der Waals surface area contributed by atoms with Crippen molar-refractivity contribution in [1.29, 1.82) is 0 Å². The Morgan fingerprint density at radius 3 is 2.23 bits per heavy atom. The van der Waals surface area contributed by atoms with Crippen LogP contribution in [0.25, 0.3) is 17.2 Å². The van der Waals surface area contributed by atoms with Gasteiger partial charge in [0.25, 0.3) is 0 Å². The number of benzene rings is 3. The molecule has 0 heterocycles. The summed E-state index contributed by atoms with van der Waals surface area (Å²) in [6.07, 6.45) is 7.47. The van der Waals surface area contributed by atoms with Gasteiger partial charge < -0.3 is 4.74 Å². The van der Waals surface area contributed by atoms with E-state index in [9.17, 15) is 4.79 Å². The topological polar surface area (TPSA) is 26.3 Å². The number of ether oxygens (including phenoxy) is 1. The predicted molar refractivity (Wildman–Crippen MR) is 126 cm³/mol. The van der Waals surface area contributed by atoms with Crippen LogP contribution in [0.5, 0.6) is 0 Å². The molecule has 156 valence electrons. The van der Waals surface area contributed by atoms with Crippen LogP contribution < -0.4 is 0 Å². The fourth-order valence-corrected chi connectivity index (χ4v) is 6.04. The van der Waals surface area contributed by atoms with E-state index in [0.29, 0.717) is 17.8 Å². The summed E-state index contributed by atoms with van der Waals surface area (Å²) < 4.78 is 4.90. The standard InChI is InChI=1S/C29H28O2/c1-31-27(30)18-17-25-24(20-9-4-2-5-10-20)13-8-14-26(25)29-23-16-15-22(19-23)28(29)21-11-6-3-7-12-21/h2-14,17-18,22-23,28-29H,15-16,19H2,1H3/b18-17+/t22-,23+,28-,29+/m1/s1. The van der Waals surface area contributed by atoms with E-state index in [-0.39, 0.29) is 5.97 Å². The second kappa shape index (κ2) is 8.55. The molecular formula is C29H28O2. The SMILES string of the molecule is COC(=O)/C=C/c1c(-c2ccccc2)cccc1[C@@H]1[C@H]2CC[C@H](C2)[C@H]1c1ccccc1. The zero-order valence-electron chi connectivity index (χ0n) is 17.9. The summed E-state index contributed by atoms with van der Waals surface area (Å²) in [4.78, 5) is 12.0. The van der Waals surface area contributed by atoms with E-state index in [2.05, 4.69) is 72.8 Å². The second-order valence-corrected chi connectivity index (χ2v) is 8.83. The Bertz CT molecular complexity index is 1080. The lowest BCUT2D eigenvalue weighted by Gasteiger charge is -2.33. The molecule has 3 aromatic rings. The van der Waals surface area contributed by atoms with Crippen molar-refractivity contribution in [3.05, 3.63) is 102 Å². The van der Waals surface area contributed by atoms with Gasteiger partial charge in [0.2, 0.25) is 0 Å². The maximum atomic E-state index is 12.0. The lowest BCUT2D eigenvalue weighted by Crippen LogP contribution is -2.20. The van der Waals surface area contributed by atoms with Crippen molar-refractivity contribution < 1.29 is 9.53 Å². The van der Waals surface area contributed by atoms with Crippen LogP contribution in [0.15, 0.2) is 84.9 Å². The zero-order chi connectivity index (χ0) is 21.2. The maximum absolute atomic E-state index is 12.0. The molecule has 0 saturated heterocycles. The minimum absolute atomic E-state index is 0.318. The van der Waals surface area contributed by atoms with Crippen LogP contribution >= 0.6 is 0 Å². The van der Waals surface area contributed by atoms with Gasteiger partial charge in [0.05, 0.1) is 7.11 Å². The van der Waals surface area contributed by atoms with Crippen molar-refractivity contribution in [2.75, 3.05) is 7.11 Å². The van der Waals surface area contributed by atoms with E-state index < -0.39 is 0 Å². The number of carbonyl (C=O) groups excluding carboxylic acids is 1. The van der Waals surface area contributed by atoms with E-state index in [1.54, 1.807) is 6.08 Å². The van der Waals surface area contributed by atoms with Crippen molar-refractivity contribution in [2.24, 2.45) is 11.8 Å². The smallest absolute Gasteiger partial charge is 0.330 e. The third kappa shape index (κ3) is 3.72. The molecule has 2 nitrogen and oxygen atoms in total. The molecule has 2 fully saturated rings. The molecule has 3 aromatic carbocycles. The molecular weight excluding hydrogens is 380 g/mol. The molecule has 31 heavy (non-hydrogen) atoms. The monoisotopic (exact) mass is 408 g/mol. The van der Waals surface area contributed by atoms with Crippen molar-refractivity contribution >= 4 is 12.0 Å². The predicted octanol–water partition coefficient (Wildman–Crippen LogP) is 6.84. The van der Waals surface area contributed by atoms with Gasteiger partial charge in [0.1, 0.15) is 0 Å².